The molecular formula is C28H41BF3N3O4. The molecule has 3 saturated carbocycles. The van der Waals surface area contributed by atoms with Crippen molar-refractivity contribution in [2.45, 2.75) is 88.8 Å². The minimum atomic E-state index is -4.45. The first kappa shape index (κ1) is 28.9. The van der Waals surface area contributed by atoms with E-state index in [4.69, 9.17) is 14.0 Å². The van der Waals surface area contributed by atoms with Gasteiger partial charge in [-0.2, -0.15) is 13.2 Å². The summed E-state index contributed by atoms with van der Waals surface area (Å²) in [5, 5.41) is 8.64. The van der Waals surface area contributed by atoms with Crippen LogP contribution in [0.4, 0.5) is 13.2 Å². The van der Waals surface area contributed by atoms with E-state index in [2.05, 4.69) is 36.7 Å². The van der Waals surface area contributed by atoms with Gasteiger partial charge in [0.1, 0.15) is 6.04 Å². The van der Waals surface area contributed by atoms with E-state index < -0.39 is 43.3 Å². The highest BCUT2D eigenvalue weighted by Gasteiger charge is 2.68. The van der Waals surface area contributed by atoms with Crippen molar-refractivity contribution in [2.24, 2.45) is 17.3 Å². The highest BCUT2D eigenvalue weighted by atomic mass is 19.4. The number of alkyl halides is 3. The quantitative estimate of drug-likeness (QED) is 0.367. The minimum absolute atomic E-state index is 0.0733. The molecule has 0 aromatic heterocycles. The number of benzene rings is 1. The van der Waals surface area contributed by atoms with Gasteiger partial charge >= 0.3 is 13.3 Å². The number of hydrogen-bond acceptors (Lipinski definition) is 6. The number of halogens is 3. The lowest BCUT2D eigenvalue weighted by atomic mass is 9.43. The van der Waals surface area contributed by atoms with Crippen LogP contribution in [-0.2, 0) is 25.3 Å². The molecule has 6 rings (SSSR count). The van der Waals surface area contributed by atoms with Crippen molar-refractivity contribution in [1.82, 2.24) is 16.0 Å². The van der Waals surface area contributed by atoms with E-state index in [0.717, 1.165) is 37.8 Å². The van der Waals surface area contributed by atoms with Gasteiger partial charge in [-0.25, -0.2) is 0 Å². The summed E-state index contributed by atoms with van der Waals surface area (Å²) < 4.78 is 58.0. The van der Waals surface area contributed by atoms with Crippen LogP contribution in [-0.4, -0.2) is 75.2 Å². The van der Waals surface area contributed by atoms with Crippen molar-refractivity contribution < 1.29 is 32.0 Å². The number of nitrogens with one attached hydrogen (secondary N) is 3. The van der Waals surface area contributed by atoms with Gasteiger partial charge in [-0.05, 0) is 68.4 Å². The molecule has 0 radical (unpaired) electrons. The molecule has 2 heterocycles. The monoisotopic (exact) mass is 551 g/mol. The van der Waals surface area contributed by atoms with Gasteiger partial charge in [0.2, 0.25) is 5.91 Å². The molecule has 7 nitrogen and oxygen atoms in total. The van der Waals surface area contributed by atoms with Gasteiger partial charge in [-0.3, -0.25) is 10.1 Å². The molecule has 216 valence electrons. The second-order valence-electron chi connectivity index (χ2n) is 12.5. The fraction of sp³-hybridized carbons (Fsp3) is 0.750. The van der Waals surface area contributed by atoms with E-state index >= 15 is 0 Å². The van der Waals surface area contributed by atoms with Crippen LogP contribution in [0.2, 0.25) is 0 Å². The summed E-state index contributed by atoms with van der Waals surface area (Å²) >= 11 is 0. The molecule has 5 aliphatic rings. The highest BCUT2D eigenvalue weighted by Crippen LogP contribution is 2.65. The van der Waals surface area contributed by atoms with Crippen molar-refractivity contribution in [3.05, 3.63) is 35.9 Å². The Morgan fingerprint density at radius 2 is 2.00 bits per heavy atom. The number of amides is 1. The summed E-state index contributed by atoms with van der Waals surface area (Å²) in [4.78, 5) is 13.5. The molecule has 0 spiro atoms. The van der Waals surface area contributed by atoms with Crippen LogP contribution in [0.15, 0.2) is 30.3 Å². The highest BCUT2D eigenvalue weighted by molar-refractivity contribution is 6.48. The largest absolute Gasteiger partial charge is 0.482 e. The van der Waals surface area contributed by atoms with E-state index in [1.165, 1.54) is 0 Å². The minimum Gasteiger partial charge on any atom is -0.404 e. The molecule has 2 saturated heterocycles. The Kier molecular flexibility index (Phi) is 8.37. The molecule has 11 heteroatoms. The lowest BCUT2D eigenvalue weighted by Gasteiger charge is -2.64. The Morgan fingerprint density at radius 1 is 1.23 bits per heavy atom. The number of ether oxygens (including phenoxy) is 1. The lowest BCUT2D eigenvalue weighted by Crippen LogP contribution is -2.65. The zero-order valence-corrected chi connectivity index (χ0v) is 23.1. The average molecular weight is 551 g/mol. The normalized spacial score (nSPS) is 32.8. The molecule has 2 aliphatic heterocycles. The van der Waals surface area contributed by atoms with Crippen LogP contribution in [0, 0.1) is 17.3 Å². The summed E-state index contributed by atoms with van der Waals surface area (Å²) in [5.41, 5.74) is 0.677. The Morgan fingerprint density at radius 3 is 2.67 bits per heavy atom. The second-order valence-corrected chi connectivity index (χ2v) is 12.5. The van der Waals surface area contributed by atoms with E-state index in [-0.39, 0.29) is 24.2 Å². The van der Waals surface area contributed by atoms with E-state index in [9.17, 15) is 18.0 Å². The fourth-order valence-corrected chi connectivity index (χ4v) is 7.13. The number of carbonyl (C=O) groups is 1. The zero-order valence-electron chi connectivity index (χ0n) is 23.1. The summed E-state index contributed by atoms with van der Waals surface area (Å²) in [6.45, 7) is 6.47. The SMILES string of the molecule is CC1(C)[C@H]2C[C@H]3OB([C@H](Cc4ccccc4)NC(=O)[C@H](COC[C@H]4CCCN4)NCC(F)(F)F)O[C@@]3(C)[C@H]1C2. The number of hydrogen-bond donors (Lipinski definition) is 3. The van der Waals surface area contributed by atoms with E-state index in [1.807, 2.05) is 30.3 Å². The molecule has 3 aliphatic carbocycles. The third-order valence-electron chi connectivity index (χ3n) is 9.55. The maximum Gasteiger partial charge on any atom is 0.482 e. The molecule has 39 heavy (non-hydrogen) atoms. The van der Waals surface area contributed by atoms with Gasteiger partial charge in [0.05, 0.1) is 37.4 Å². The van der Waals surface area contributed by atoms with Gasteiger partial charge in [0.15, 0.2) is 0 Å². The third-order valence-corrected chi connectivity index (χ3v) is 9.55. The molecule has 7 atom stereocenters. The van der Waals surface area contributed by atoms with Crippen molar-refractivity contribution in [2.75, 3.05) is 26.3 Å². The van der Waals surface area contributed by atoms with Crippen LogP contribution in [0.25, 0.3) is 0 Å². The number of carbonyl (C=O) groups excluding carboxylic acids is 1. The molecule has 1 amide bonds. The standard InChI is InChI=1S/C28H41BF3N3O4/c1-26(2)19-13-22(26)27(3)23(14-19)38-29(39-27)24(12-18-8-5-4-6-9-18)35-25(36)21(34-17-28(30,31)32)16-37-15-20-10-7-11-33-20/h4-6,8-9,19-24,33-34H,7,10-17H2,1-3H3,(H,35,36)/t19-,20-,21+,22+,23-,24+,27+/m1/s1. The maximum absolute atomic E-state index is 13.5. The van der Waals surface area contributed by atoms with Crippen LogP contribution in [0.3, 0.4) is 0 Å². The van der Waals surface area contributed by atoms with Crippen molar-refractivity contribution in [1.29, 1.82) is 0 Å². The van der Waals surface area contributed by atoms with Gasteiger partial charge in [-0.1, -0.05) is 44.2 Å². The predicted molar refractivity (Wildman–Crippen MR) is 142 cm³/mol. The number of rotatable bonds is 11. The van der Waals surface area contributed by atoms with Crippen molar-refractivity contribution >= 4 is 13.0 Å². The Labute approximate surface area is 229 Å². The van der Waals surface area contributed by atoms with Gasteiger partial charge in [0, 0.05) is 6.04 Å². The zero-order chi connectivity index (χ0) is 27.8. The first-order valence-electron chi connectivity index (χ1n) is 14.2. The van der Waals surface area contributed by atoms with Crippen molar-refractivity contribution in [3.8, 4) is 0 Å². The Hall–Kier alpha value is -1.66. The molecule has 3 N–H and O–H groups in total. The summed E-state index contributed by atoms with van der Waals surface area (Å²) in [5.74, 6) is -0.205. The van der Waals surface area contributed by atoms with Gasteiger partial charge in [-0.15, -0.1) is 0 Å². The summed E-state index contributed by atoms with van der Waals surface area (Å²) in [6, 6.07) is 8.65. The first-order chi connectivity index (χ1) is 18.5. The fourth-order valence-electron chi connectivity index (χ4n) is 7.13. The third kappa shape index (κ3) is 6.32. The second kappa shape index (κ2) is 11.3. The molecule has 0 unspecified atom stereocenters. The van der Waals surface area contributed by atoms with Crippen LogP contribution in [0.1, 0.15) is 52.0 Å². The van der Waals surface area contributed by atoms with Crippen LogP contribution < -0.4 is 16.0 Å². The molecule has 1 aromatic rings. The summed E-state index contributed by atoms with van der Waals surface area (Å²) in [6.07, 6.45) is -0.118. The van der Waals surface area contributed by atoms with Gasteiger partial charge in [0.25, 0.3) is 0 Å². The molecular weight excluding hydrogens is 510 g/mol. The van der Waals surface area contributed by atoms with Gasteiger partial charge < -0.3 is 24.7 Å². The van der Waals surface area contributed by atoms with Crippen molar-refractivity contribution in [3.63, 3.8) is 0 Å². The van der Waals surface area contributed by atoms with E-state index in [0.29, 0.717) is 24.9 Å². The molecule has 2 bridgehead atoms. The van der Waals surface area contributed by atoms with Crippen LogP contribution in [0.5, 0.6) is 0 Å². The van der Waals surface area contributed by atoms with E-state index in [1.54, 1.807) is 0 Å². The maximum atomic E-state index is 13.5. The predicted octanol–water partition coefficient (Wildman–Crippen LogP) is 3.27. The average Bonchev–Trinajstić information content (AvgIpc) is 3.52. The smallest absolute Gasteiger partial charge is 0.404 e. The molecule has 1 aromatic carbocycles. The Balaban J connectivity index is 1.29. The first-order valence-corrected chi connectivity index (χ1v) is 14.2. The lowest BCUT2D eigenvalue weighted by molar-refractivity contribution is -0.199. The van der Waals surface area contributed by atoms with Crippen LogP contribution >= 0.6 is 0 Å². The molecule has 5 fully saturated rings. The topological polar surface area (TPSA) is 80.9 Å². The Bertz CT molecular complexity index is 994. The summed E-state index contributed by atoms with van der Waals surface area (Å²) in [7, 11) is -0.703.